The summed E-state index contributed by atoms with van der Waals surface area (Å²) in [5, 5.41) is 0. The minimum atomic E-state index is -2.89. The lowest BCUT2D eigenvalue weighted by molar-refractivity contribution is -0.0857. The largest absolute Gasteiger partial charge is 0.493 e. The molecule has 6 heteroatoms. The number of alkyl halides is 2. The van der Waals surface area contributed by atoms with Gasteiger partial charge in [-0.1, -0.05) is 19.4 Å². The molecule has 2 aliphatic rings. The predicted molar refractivity (Wildman–Crippen MR) is 111 cm³/mol. The molecule has 1 heterocycles. The Morgan fingerprint density at radius 2 is 1.83 bits per heavy atom. The quantitative estimate of drug-likeness (QED) is 0.433. The van der Waals surface area contributed by atoms with Crippen LogP contribution in [0.1, 0.15) is 88.7 Å². The van der Waals surface area contributed by atoms with Crippen LogP contribution in [0.15, 0.2) is 12.1 Å². The van der Waals surface area contributed by atoms with E-state index in [-0.39, 0.29) is 30.5 Å². The van der Waals surface area contributed by atoms with Crippen LogP contribution in [0.3, 0.4) is 0 Å². The highest BCUT2D eigenvalue weighted by atomic mass is 19.3. The topological polar surface area (TPSA) is 27.7 Å². The van der Waals surface area contributed by atoms with Gasteiger partial charge in [-0.25, -0.2) is 13.2 Å². The number of hydrogen-bond donors (Lipinski definition) is 0. The molecule has 0 amide bonds. The zero-order chi connectivity index (χ0) is 21.5. The van der Waals surface area contributed by atoms with Crippen molar-refractivity contribution in [2.75, 3.05) is 19.8 Å². The second-order valence-corrected chi connectivity index (χ2v) is 8.61. The van der Waals surface area contributed by atoms with E-state index in [9.17, 15) is 13.2 Å². The van der Waals surface area contributed by atoms with Gasteiger partial charge >= 0.3 is 0 Å². The third-order valence-electron chi connectivity index (χ3n) is 6.48. The third kappa shape index (κ3) is 5.91. The average molecular weight is 429 g/mol. The van der Waals surface area contributed by atoms with Crippen molar-refractivity contribution in [3.8, 4) is 5.75 Å². The summed E-state index contributed by atoms with van der Waals surface area (Å²) in [4.78, 5) is 0. The molecule has 1 saturated heterocycles. The molecule has 1 aromatic rings. The zero-order valence-electron chi connectivity index (χ0n) is 18.2. The molecule has 0 aromatic heterocycles. The van der Waals surface area contributed by atoms with Crippen LogP contribution < -0.4 is 4.74 Å². The van der Waals surface area contributed by atoms with E-state index in [1.54, 1.807) is 13.0 Å². The summed E-state index contributed by atoms with van der Waals surface area (Å²) < 4.78 is 58.9. The van der Waals surface area contributed by atoms with E-state index >= 15 is 0 Å². The molecule has 0 spiro atoms. The monoisotopic (exact) mass is 428 g/mol. The second-order valence-electron chi connectivity index (χ2n) is 8.61. The smallest absolute Gasteiger partial charge is 0.270 e. The first kappa shape index (κ1) is 23.4. The summed E-state index contributed by atoms with van der Waals surface area (Å²) in [6, 6.07) is 3.10. The first-order valence-electron chi connectivity index (χ1n) is 11.5. The van der Waals surface area contributed by atoms with E-state index < -0.39 is 17.8 Å². The normalized spacial score (nSPS) is 27.4. The van der Waals surface area contributed by atoms with Gasteiger partial charge in [-0.2, -0.15) is 0 Å². The van der Waals surface area contributed by atoms with Crippen LogP contribution in [0.2, 0.25) is 0 Å². The van der Waals surface area contributed by atoms with Gasteiger partial charge in [0.2, 0.25) is 0 Å². The van der Waals surface area contributed by atoms with Crippen LogP contribution in [0.25, 0.3) is 0 Å². The van der Waals surface area contributed by atoms with Crippen molar-refractivity contribution >= 4 is 0 Å². The van der Waals surface area contributed by atoms with Gasteiger partial charge in [-0.15, -0.1) is 0 Å². The highest BCUT2D eigenvalue weighted by molar-refractivity contribution is 5.41. The number of rotatable bonds is 9. The van der Waals surface area contributed by atoms with Gasteiger partial charge in [-0.05, 0) is 75.3 Å². The molecule has 1 aromatic carbocycles. The first-order valence-corrected chi connectivity index (χ1v) is 11.5. The Morgan fingerprint density at radius 1 is 1.07 bits per heavy atom. The van der Waals surface area contributed by atoms with Crippen LogP contribution in [-0.2, 0) is 9.47 Å². The van der Waals surface area contributed by atoms with Crippen molar-refractivity contribution in [2.45, 2.75) is 89.8 Å². The molecule has 170 valence electrons. The minimum absolute atomic E-state index is 0.0561. The molecule has 1 aliphatic carbocycles. The van der Waals surface area contributed by atoms with Crippen molar-refractivity contribution in [1.29, 1.82) is 0 Å². The summed E-state index contributed by atoms with van der Waals surface area (Å²) in [6.45, 7) is 5.58. The molecule has 0 bridgehead atoms. The lowest BCUT2D eigenvalue weighted by atomic mass is 9.82. The fourth-order valence-corrected chi connectivity index (χ4v) is 4.80. The summed E-state index contributed by atoms with van der Waals surface area (Å²) in [5.41, 5.74) is -0.228. The summed E-state index contributed by atoms with van der Waals surface area (Å²) in [7, 11) is 0. The molecule has 1 aliphatic heterocycles. The number of halogens is 3. The molecule has 1 saturated carbocycles. The maximum Gasteiger partial charge on any atom is 0.270 e. The van der Waals surface area contributed by atoms with Crippen molar-refractivity contribution in [1.82, 2.24) is 0 Å². The van der Waals surface area contributed by atoms with Gasteiger partial charge in [0, 0.05) is 6.61 Å². The summed E-state index contributed by atoms with van der Waals surface area (Å²) >= 11 is 0. The molecule has 0 N–H and O–H groups in total. The maximum absolute atomic E-state index is 14.9. The van der Waals surface area contributed by atoms with Crippen molar-refractivity contribution < 1.29 is 27.4 Å². The number of ether oxygens (including phenoxy) is 3. The molecular weight excluding hydrogens is 393 g/mol. The number of benzene rings is 1. The second kappa shape index (κ2) is 11.4. The Bertz CT molecular complexity index is 651. The molecule has 2 unspecified atom stereocenters. The van der Waals surface area contributed by atoms with Gasteiger partial charge in [0.1, 0.15) is 11.6 Å². The molecule has 0 radical (unpaired) electrons. The lowest BCUT2D eigenvalue weighted by Crippen LogP contribution is -2.32. The third-order valence-corrected chi connectivity index (χ3v) is 6.48. The SMILES string of the molecule is CCCC1CCC(COC2CCC(c3ccc(OCC)c(C(F)F)c3F)CC2)OC1. The van der Waals surface area contributed by atoms with E-state index in [1.165, 1.54) is 25.3 Å². The maximum atomic E-state index is 14.9. The first-order chi connectivity index (χ1) is 14.5. The highest BCUT2D eigenvalue weighted by Gasteiger charge is 2.30. The van der Waals surface area contributed by atoms with Crippen LogP contribution in [0.5, 0.6) is 5.75 Å². The van der Waals surface area contributed by atoms with E-state index in [4.69, 9.17) is 14.2 Å². The van der Waals surface area contributed by atoms with Crippen LogP contribution in [-0.4, -0.2) is 32.0 Å². The Labute approximate surface area is 178 Å². The van der Waals surface area contributed by atoms with Crippen LogP contribution in [0, 0.1) is 11.7 Å². The Balaban J connectivity index is 1.49. The van der Waals surface area contributed by atoms with Crippen molar-refractivity contribution in [2.24, 2.45) is 5.92 Å². The molecule has 30 heavy (non-hydrogen) atoms. The Kier molecular flexibility index (Phi) is 8.87. The number of hydrogen-bond acceptors (Lipinski definition) is 3. The van der Waals surface area contributed by atoms with E-state index in [0.717, 1.165) is 38.7 Å². The standard InChI is InChI=1S/C24H35F3O3/c1-3-5-16-6-9-19(29-14-16)15-30-18-10-7-17(8-11-18)20-12-13-21(28-4-2)22(23(20)25)24(26)27/h12-13,16-19,24H,3-11,14-15H2,1-2H3. The average Bonchev–Trinajstić information content (AvgIpc) is 2.74. The molecular formula is C24H35F3O3. The zero-order valence-corrected chi connectivity index (χ0v) is 18.2. The van der Waals surface area contributed by atoms with Crippen molar-refractivity contribution in [3.05, 3.63) is 29.1 Å². The van der Waals surface area contributed by atoms with Gasteiger partial charge in [0.25, 0.3) is 6.43 Å². The van der Waals surface area contributed by atoms with E-state index in [2.05, 4.69) is 6.92 Å². The van der Waals surface area contributed by atoms with E-state index in [0.29, 0.717) is 18.1 Å². The van der Waals surface area contributed by atoms with Gasteiger partial charge in [0.05, 0.1) is 31.0 Å². The summed E-state index contributed by atoms with van der Waals surface area (Å²) in [6.07, 6.45) is 5.21. The Hall–Kier alpha value is -1.27. The predicted octanol–water partition coefficient (Wildman–Crippen LogP) is 6.80. The molecule has 3 nitrogen and oxygen atoms in total. The van der Waals surface area contributed by atoms with Crippen molar-refractivity contribution in [3.63, 3.8) is 0 Å². The molecule has 2 atom stereocenters. The van der Waals surface area contributed by atoms with Crippen LogP contribution in [0.4, 0.5) is 13.2 Å². The van der Waals surface area contributed by atoms with Gasteiger partial charge < -0.3 is 14.2 Å². The fourth-order valence-electron chi connectivity index (χ4n) is 4.80. The minimum Gasteiger partial charge on any atom is -0.493 e. The summed E-state index contributed by atoms with van der Waals surface area (Å²) in [5.74, 6) is -0.237. The highest BCUT2D eigenvalue weighted by Crippen LogP contribution is 2.40. The fraction of sp³-hybridized carbons (Fsp3) is 0.750. The van der Waals surface area contributed by atoms with Gasteiger partial charge in [-0.3, -0.25) is 0 Å². The molecule has 2 fully saturated rings. The van der Waals surface area contributed by atoms with Gasteiger partial charge in [0.15, 0.2) is 0 Å². The lowest BCUT2D eigenvalue weighted by Gasteiger charge is -2.32. The molecule has 3 rings (SSSR count). The Morgan fingerprint density at radius 3 is 2.43 bits per heavy atom. The van der Waals surface area contributed by atoms with E-state index in [1.807, 2.05) is 0 Å². The van der Waals surface area contributed by atoms with Crippen LogP contribution >= 0.6 is 0 Å².